The minimum absolute atomic E-state index is 0.0385. The predicted molar refractivity (Wildman–Crippen MR) is 81.8 cm³/mol. The lowest BCUT2D eigenvalue weighted by Gasteiger charge is -2.17. The van der Waals surface area contributed by atoms with E-state index in [1.807, 2.05) is 25.1 Å². The first-order valence-electron chi connectivity index (χ1n) is 6.61. The number of anilines is 1. The van der Waals surface area contributed by atoms with Gasteiger partial charge in [0.25, 0.3) is 0 Å². The summed E-state index contributed by atoms with van der Waals surface area (Å²) in [5.74, 6) is 0.714. The fraction of sp³-hybridized carbons (Fsp3) is 0.250. The van der Waals surface area contributed by atoms with Gasteiger partial charge in [0.2, 0.25) is 0 Å². The Balaban J connectivity index is 1.80. The van der Waals surface area contributed by atoms with Crippen LogP contribution in [0, 0.1) is 5.82 Å². The number of nitrogens with one attached hydrogen (secondary N) is 1. The van der Waals surface area contributed by atoms with Crippen LogP contribution in [0.4, 0.5) is 10.1 Å². The number of benzene rings is 2. The summed E-state index contributed by atoms with van der Waals surface area (Å²) >= 11 is 3.26. The highest BCUT2D eigenvalue weighted by Crippen LogP contribution is 2.30. The van der Waals surface area contributed by atoms with Crippen LogP contribution in [0.2, 0.25) is 0 Å². The van der Waals surface area contributed by atoms with Crippen molar-refractivity contribution in [3.05, 3.63) is 57.8 Å². The topological polar surface area (TPSA) is 21.3 Å². The average molecular weight is 336 g/mol. The molecule has 3 rings (SSSR count). The predicted octanol–water partition coefficient (Wildman–Crippen LogP) is 4.70. The Morgan fingerprint density at radius 1 is 1.25 bits per heavy atom. The quantitative estimate of drug-likeness (QED) is 0.877. The summed E-state index contributed by atoms with van der Waals surface area (Å²) in [5.41, 5.74) is 2.88. The molecule has 0 radical (unpaired) electrons. The molecule has 1 atom stereocenters. The van der Waals surface area contributed by atoms with Crippen molar-refractivity contribution < 1.29 is 9.13 Å². The maximum Gasteiger partial charge on any atom is 0.147 e. The molecule has 2 aromatic carbocycles. The summed E-state index contributed by atoms with van der Waals surface area (Å²) in [4.78, 5) is 0. The fourth-order valence-corrected chi connectivity index (χ4v) is 2.73. The highest BCUT2D eigenvalue weighted by molar-refractivity contribution is 9.10. The summed E-state index contributed by atoms with van der Waals surface area (Å²) < 4.78 is 20.1. The van der Waals surface area contributed by atoms with E-state index < -0.39 is 0 Å². The first-order chi connectivity index (χ1) is 9.63. The van der Waals surface area contributed by atoms with Gasteiger partial charge in [0.05, 0.1) is 12.3 Å². The molecule has 0 saturated carbocycles. The van der Waals surface area contributed by atoms with Crippen molar-refractivity contribution in [3.63, 3.8) is 0 Å². The lowest BCUT2D eigenvalue weighted by molar-refractivity contribution is 0.357. The van der Waals surface area contributed by atoms with Crippen LogP contribution in [0.1, 0.15) is 24.1 Å². The van der Waals surface area contributed by atoms with Crippen molar-refractivity contribution in [2.75, 3.05) is 11.9 Å². The lowest BCUT2D eigenvalue weighted by atomic mass is 10.0. The van der Waals surface area contributed by atoms with Gasteiger partial charge in [-0.3, -0.25) is 0 Å². The molecule has 0 saturated heterocycles. The van der Waals surface area contributed by atoms with E-state index in [9.17, 15) is 4.39 Å². The third-order valence-corrected chi connectivity index (χ3v) is 4.01. The Morgan fingerprint density at radius 3 is 2.90 bits per heavy atom. The van der Waals surface area contributed by atoms with E-state index in [4.69, 9.17) is 4.74 Å². The maximum atomic E-state index is 13.8. The number of hydrogen-bond donors (Lipinski definition) is 1. The van der Waals surface area contributed by atoms with Gasteiger partial charge in [-0.15, -0.1) is 0 Å². The van der Waals surface area contributed by atoms with Crippen molar-refractivity contribution in [3.8, 4) is 5.75 Å². The monoisotopic (exact) mass is 335 g/mol. The molecule has 0 bridgehead atoms. The summed E-state index contributed by atoms with van der Waals surface area (Å²) in [6.45, 7) is 2.78. The van der Waals surface area contributed by atoms with Crippen LogP contribution in [0.5, 0.6) is 5.75 Å². The van der Waals surface area contributed by atoms with Gasteiger partial charge in [-0.2, -0.15) is 0 Å². The molecule has 0 aliphatic carbocycles. The van der Waals surface area contributed by atoms with Gasteiger partial charge in [-0.1, -0.05) is 22.0 Å². The van der Waals surface area contributed by atoms with Crippen molar-refractivity contribution in [2.24, 2.45) is 0 Å². The molecule has 2 aromatic rings. The molecule has 2 nitrogen and oxygen atoms in total. The van der Waals surface area contributed by atoms with Gasteiger partial charge < -0.3 is 10.1 Å². The molecule has 104 valence electrons. The molecule has 1 N–H and O–H groups in total. The molecule has 1 aliphatic heterocycles. The zero-order valence-electron chi connectivity index (χ0n) is 11.1. The van der Waals surface area contributed by atoms with E-state index in [-0.39, 0.29) is 11.9 Å². The van der Waals surface area contributed by atoms with Crippen LogP contribution >= 0.6 is 15.9 Å². The molecule has 1 heterocycles. The second-order valence-corrected chi connectivity index (χ2v) is 5.87. The minimum Gasteiger partial charge on any atom is -0.493 e. The van der Waals surface area contributed by atoms with Crippen LogP contribution < -0.4 is 10.1 Å². The van der Waals surface area contributed by atoms with Crippen molar-refractivity contribution in [1.82, 2.24) is 0 Å². The zero-order chi connectivity index (χ0) is 14.1. The number of halogens is 2. The van der Waals surface area contributed by atoms with Crippen LogP contribution in [0.25, 0.3) is 0 Å². The molecular weight excluding hydrogens is 321 g/mol. The summed E-state index contributed by atoms with van der Waals surface area (Å²) in [6.07, 6.45) is 0.947. The Kier molecular flexibility index (Phi) is 3.66. The summed E-state index contributed by atoms with van der Waals surface area (Å²) in [7, 11) is 0. The van der Waals surface area contributed by atoms with E-state index in [0.29, 0.717) is 5.69 Å². The molecule has 0 aromatic heterocycles. The van der Waals surface area contributed by atoms with Crippen LogP contribution in [-0.2, 0) is 6.42 Å². The number of hydrogen-bond acceptors (Lipinski definition) is 2. The van der Waals surface area contributed by atoms with Crippen LogP contribution in [0.15, 0.2) is 40.9 Å². The zero-order valence-corrected chi connectivity index (χ0v) is 12.7. The van der Waals surface area contributed by atoms with Crippen LogP contribution in [0.3, 0.4) is 0 Å². The molecular formula is C16H15BrFNO. The highest BCUT2D eigenvalue weighted by Gasteiger charge is 2.15. The molecule has 1 unspecified atom stereocenters. The first-order valence-corrected chi connectivity index (χ1v) is 7.40. The Bertz CT molecular complexity index is 644. The average Bonchev–Trinajstić information content (AvgIpc) is 2.89. The van der Waals surface area contributed by atoms with E-state index in [1.165, 1.54) is 11.6 Å². The third-order valence-electron chi connectivity index (χ3n) is 3.52. The second kappa shape index (κ2) is 5.44. The normalized spacial score (nSPS) is 14.6. The van der Waals surface area contributed by atoms with Crippen molar-refractivity contribution in [1.29, 1.82) is 0 Å². The number of rotatable bonds is 3. The number of fused-ring (bicyclic) bond motifs is 1. The Hall–Kier alpha value is -1.55. The summed E-state index contributed by atoms with van der Waals surface area (Å²) in [5, 5.41) is 3.21. The molecule has 4 heteroatoms. The molecule has 0 fully saturated rings. The summed E-state index contributed by atoms with van der Waals surface area (Å²) in [6, 6.07) is 11.2. The SMILES string of the molecule is CC(Nc1ccc(Br)cc1F)c1ccc2c(c1)CCO2. The largest absolute Gasteiger partial charge is 0.493 e. The van der Waals surface area contributed by atoms with Gasteiger partial charge in [-0.05, 0) is 48.4 Å². The third kappa shape index (κ3) is 2.66. The van der Waals surface area contributed by atoms with E-state index >= 15 is 0 Å². The van der Waals surface area contributed by atoms with Gasteiger partial charge in [-0.25, -0.2) is 4.39 Å². The first kappa shape index (κ1) is 13.4. The fourth-order valence-electron chi connectivity index (χ4n) is 2.40. The van der Waals surface area contributed by atoms with E-state index in [2.05, 4.69) is 27.3 Å². The van der Waals surface area contributed by atoms with E-state index in [0.717, 1.165) is 28.8 Å². The van der Waals surface area contributed by atoms with Crippen molar-refractivity contribution in [2.45, 2.75) is 19.4 Å². The smallest absolute Gasteiger partial charge is 0.147 e. The van der Waals surface area contributed by atoms with Crippen molar-refractivity contribution >= 4 is 21.6 Å². The highest BCUT2D eigenvalue weighted by atomic mass is 79.9. The van der Waals surface area contributed by atoms with Gasteiger partial charge in [0.15, 0.2) is 0 Å². The lowest BCUT2D eigenvalue weighted by Crippen LogP contribution is -2.08. The molecule has 20 heavy (non-hydrogen) atoms. The standard InChI is InChI=1S/C16H15BrFNO/c1-10(19-15-4-3-13(17)9-14(15)18)11-2-5-16-12(8-11)6-7-20-16/h2-5,8-10,19H,6-7H2,1H3. The molecule has 0 amide bonds. The Morgan fingerprint density at radius 2 is 2.10 bits per heavy atom. The Labute approximate surface area is 126 Å². The number of ether oxygens (including phenoxy) is 1. The van der Waals surface area contributed by atoms with E-state index in [1.54, 1.807) is 6.07 Å². The van der Waals surface area contributed by atoms with Gasteiger partial charge in [0, 0.05) is 16.9 Å². The molecule has 1 aliphatic rings. The van der Waals surface area contributed by atoms with Gasteiger partial charge >= 0.3 is 0 Å². The minimum atomic E-state index is -0.254. The second-order valence-electron chi connectivity index (χ2n) is 4.96. The van der Waals surface area contributed by atoms with Crippen LogP contribution in [-0.4, -0.2) is 6.61 Å². The maximum absolute atomic E-state index is 13.8. The molecule has 0 spiro atoms. The van der Waals surface area contributed by atoms with Gasteiger partial charge in [0.1, 0.15) is 11.6 Å².